The third-order valence-corrected chi connectivity index (χ3v) is 5.31. The molecule has 2 aromatic carbocycles. The van der Waals surface area contributed by atoms with Crippen LogP contribution in [0.1, 0.15) is 30.7 Å². The van der Waals surface area contributed by atoms with Gasteiger partial charge in [0, 0.05) is 22.3 Å². The summed E-state index contributed by atoms with van der Waals surface area (Å²) in [6, 6.07) is 15.2. The van der Waals surface area contributed by atoms with Crippen molar-refractivity contribution in [2.24, 2.45) is 0 Å². The fourth-order valence-electron chi connectivity index (χ4n) is 3.34. The molecule has 0 spiro atoms. The van der Waals surface area contributed by atoms with Gasteiger partial charge >= 0.3 is 0 Å². The Morgan fingerprint density at radius 1 is 1.06 bits per heavy atom. The minimum Gasteiger partial charge on any atom is -0.455 e. The molecule has 0 atom stereocenters. The molecule has 0 aliphatic heterocycles. The lowest BCUT2D eigenvalue weighted by atomic mass is 10.1. The number of aromatic nitrogens is 3. The highest BCUT2D eigenvalue weighted by molar-refractivity contribution is 5.91. The molecule has 3 N–H and O–H groups in total. The minimum absolute atomic E-state index is 0.129. The summed E-state index contributed by atoms with van der Waals surface area (Å²) < 4.78 is 5.96. The van der Waals surface area contributed by atoms with E-state index in [-0.39, 0.29) is 6.54 Å². The van der Waals surface area contributed by atoms with E-state index >= 15 is 0 Å². The first kappa shape index (κ1) is 24.6. The van der Waals surface area contributed by atoms with Gasteiger partial charge in [0.15, 0.2) is 0 Å². The minimum atomic E-state index is -1.44. The molecule has 0 fully saturated rings. The van der Waals surface area contributed by atoms with E-state index < -0.39 is 11.5 Å². The van der Waals surface area contributed by atoms with E-state index in [0.29, 0.717) is 11.6 Å². The second kappa shape index (κ2) is 10.4. The summed E-state index contributed by atoms with van der Waals surface area (Å²) in [5, 5.41) is 16.5. The van der Waals surface area contributed by atoms with Crippen LogP contribution in [0.5, 0.6) is 11.5 Å². The second-order valence-corrected chi connectivity index (χ2v) is 8.84. The molecule has 4 rings (SSSR count). The molecule has 0 unspecified atom stereocenters. The second-order valence-electron chi connectivity index (χ2n) is 8.84. The lowest BCUT2D eigenvalue weighted by molar-refractivity contribution is -0.136. The molecular weight excluding hydrogens is 454 g/mol. The van der Waals surface area contributed by atoms with E-state index in [1.165, 1.54) is 20.2 Å². The van der Waals surface area contributed by atoms with Crippen molar-refractivity contribution in [2.45, 2.75) is 33.3 Å². The summed E-state index contributed by atoms with van der Waals surface area (Å²) in [6.45, 7) is 6.89. The lowest BCUT2D eigenvalue weighted by Crippen LogP contribution is -2.42. The number of amides is 1. The van der Waals surface area contributed by atoms with Gasteiger partial charge in [0.2, 0.25) is 0 Å². The van der Waals surface area contributed by atoms with Gasteiger partial charge in [0.1, 0.15) is 29.2 Å². The van der Waals surface area contributed by atoms with Crippen molar-refractivity contribution in [1.29, 1.82) is 0 Å². The molecule has 2 aromatic heterocycles. The SMILES string of the molecule is Cc1ccc(Oc2ccc(Nc3ncnc4ccc(C#CCNC(=O)C(C)(C)O)cc34)cc2C)cn1. The Balaban J connectivity index is 1.51. The molecular formula is C28H27N5O3. The number of nitrogens with one attached hydrogen (secondary N) is 2. The molecule has 0 aliphatic rings. The summed E-state index contributed by atoms with van der Waals surface area (Å²) in [5.41, 5.74) is 2.83. The molecule has 0 aliphatic carbocycles. The largest absolute Gasteiger partial charge is 0.455 e. The molecule has 1 amide bonds. The van der Waals surface area contributed by atoms with Crippen LogP contribution in [0.15, 0.2) is 61.1 Å². The number of carbonyl (C=O) groups is 1. The van der Waals surface area contributed by atoms with Crippen LogP contribution in [0.4, 0.5) is 11.5 Å². The highest BCUT2D eigenvalue weighted by Crippen LogP contribution is 2.29. The van der Waals surface area contributed by atoms with Crippen LogP contribution in [-0.2, 0) is 4.79 Å². The van der Waals surface area contributed by atoms with Gasteiger partial charge < -0.3 is 20.5 Å². The van der Waals surface area contributed by atoms with Crippen LogP contribution in [0, 0.1) is 25.7 Å². The fraction of sp³-hybridized carbons (Fsp3) is 0.214. The third kappa shape index (κ3) is 6.14. The zero-order chi connectivity index (χ0) is 25.7. The summed E-state index contributed by atoms with van der Waals surface area (Å²) in [7, 11) is 0. The number of pyridine rings is 1. The van der Waals surface area contributed by atoms with Crippen molar-refractivity contribution >= 4 is 28.3 Å². The zero-order valence-electron chi connectivity index (χ0n) is 20.6. The lowest BCUT2D eigenvalue weighted by Gasteiger charge is -2.14. The van der Waals surface area contributed by atoms with E-state index in [0.717, 1.165) is 39.2 Å². The molecule has 4 aromatic rings. The number of fused-ring (bicyclic) bond motifs is 1. The average Bonchev–Trinajstić information content (AvgIpc) is 2.84. The monoisotopic (exact) mass is 481 g/mol. The quantitative estimate of drug-likeness (QED) is 0.350. The van der Waals surface area contributed by atoms with E-state index in [1.807, 2.05) is 62.4 Å². The Morgan fingerprint density at radius 2 is 1.89 bits per heavy atom. The number of ether oxygens (including phenoxy) is 1. The number of nitrogens with zero attached hydrogens (tertiary/aromatic N) is 3. The Bertz CT molecular complexity index is 1470. The van der Waals surface area contributed by atoms with Gasteiger partial charge in [-0.1, -0.05) is 11.8 Å². The molecule has 8 heteroatoms. The zero-order valence-corrected chi connectivity index (χ0v) is 20.6. The van der Waals surface area contributed by atoms with Gasteiger partial charge in [-0.2, -0.15) is 0 Å². The predicted molar refractivity (Wildman–Crippen MR) is 139 cm³/mol. The Kier molecular flexibility index (Phi) is 7.13. The standard InChI is InChI=1S/C28H27N5O3/c1-18-14-21(9-12-25(18)36-22-10-7-19(2)30-16-22)33-26-23-15-20(8-11-24(23)31-17-32-26)6-5-13-29-27(34)28(3,4)35/h7-12,14-17,35H,13H2,1-4H3,(H,29,34)(H,31,32,33). The number of hydrogen-bond donors (Lipinski definition) is 3. The highest BCUT2D eigenvalue weighted by atomic mass is 16.5. The van der Waals surface area contributed by atoms with Crippen molar-refractivity contribution in [3.8, 4) is 23.3 Å². The molecule has 0 bridgehead atoms. The van der Waals surface area contributed by atoms with Gasteiger partial charge in [0.05, 0.1) is 18.3 Å². The van der Waals surface area contributed by atoms with Crippen LogP contribution >= 0.6 is 0 Å². The van der Waals surface area contributed by atoms with Gasteiger partial charge in [-0.3, -0.25) is 9.78 Å². The van der Waals surface area contributed by atoms with Crippen molar-refractivity contribution < 1.29 is 14.6 Å². The number of aryl methyl sites for hydroxylation is 2. The summed E-state index contributed by atoms with van der Waals surface area (Å²) in [6.07, 6.45) is 3.21. The van der Waals surface area contributed by atoms with Crippen molar-refractivity contribution in [3.63, 3.8) is 0 Å². The number of anilines is 2. The third-order valence-electron chi connectivity index (χ3n) is 5.31. The molecule has 182 valence electrons. The number of benzene rings is 2. The van der Waals surface area contributed by atoms with Crippen LogP contribution in [0.2, 0.25) is 0 Å². The summed E-state index contributed by atoms with van der Waals surface area (Å²) in [4.78, 5) is 24.8. The first-order valence-electron chi connectivity index (χ1n) is 11.4. The summed E-state index contributed by atoms with van der Waals surface area (Å²) >= 11 is 0. The highest BCUT2D eigenvalue weighted by Gasteiger charge is 2.22. The Hall–Kier alpha value is -4.48. The predicted octanol–water partition coefficient (Wildman–Crippen LogP) is 4.42. The average molecular weight is 482 g/mol. The maximum atomic E-state index is 11.8. The van der Waals surface area contributed by atoms with Crippen LogP contribution < -0.4 is 15.4 Å². The molecule has 8 nitrogen and oxygen atoms in total. The Labute approximate surface area is 209 Å². The topological polar surface area (TPSA) is 109 Å². The van der Waals surface area contributed by atoms with Crippen molar-refractivity contribution in [3.05, 3.63) is 77.9 Å². The molecule has 36 heavy (non-hydrogen) atoms. The smallest absolute Gasteiger partial charge is 0.252 e. The fourth-order valence-corrected chi connectivity index (χ4v) is 3.34. The first-order valence-corrected chi connectivity index (χ1v) is 11.4. The maximum absolute atomic E-state index is 11.8. The van der Waals surface area contributed by atoms with Crippen LogP contribution in [-0.4, -0.2) is 38.1 Å². The van der Waals surface area contributed by atoms with Crippen molar-refractivity contribution in [2.75, 3.05) is 11.9 Å². The first-order chi connectivity index (χ1) is 17.2. The van der Waals surface area contributed by atoms with E-state index in [9.17, 15) is 9.90 Å². The normalized spacial score (nSPS) is 10.9. The van der Waals surface area contributed by atoms with E-state index in [4.69, 9.17) is 4.74 Å². The summed E-state index contributed by atoms with van der Waals surface area (Å²) in [5.74, 6) is 7.53. The number of carbonyl (C=O) groups excluding carboxylic acids is 1. The van der Waals surface area contributed by atoms with Crippen LogP contribution in [0.25, 0.3) is 10.9 Å². The number of aliphatic hydroxyl groups is 1. The van der Waals surface area contributed by atoms with Gasteiger partial charge in [-0.15, -0.1) is 0 Å². The van der Waals surface area contributed by atoms with Crippen molar-refractivity contribution in [1.82, 2.24) is 20.3 Å². The molecule has 0 radical (unpaired) electrons. The maximum Gasteiger partial charge on any atom is 0.252 e. The molecule has 0 saturated carbocycles. The van der Waals surface area contributed by atoms with Crippen LogP contribution in [0.3, 0.4) is 0 Å². The number of rotatable bonds is 6. The number of hydrogen-bond acceptors (Lipinski definition) is 7. The molecule has 2 heterocycles. The molecule has 0 saturated heterocycles. The van der Waals surface area contributed by atoms with Gasteiger partial charge in [-0.25, -0.2) is 9.97 Å². The Morgan fingerprint density at radius 3 is 2.61 bits per heavy atom. The van der Waals surface area contributed by atoms with Gasteiger partial charge in [0.25, 0.3) is 5.91 Å². The van der Waals surface area contributed by atoms with E-state index in [1.54, 1.807) is 6.20 Å². The van der Waals surface area contributed by atoms with Gasteiger partial charge in [-0.05, 0) is 81.8 Å². The van der Waals surface area contributed by atoms with E-state index in [2.05, 4.69) is 37.4 Å².